The second kappa shape index (κ2) is 7.82. The van der Waals surface area contributed by atoms with Crippen LogP contribution in [0.4, 0.5) is 0 Å². The number of carbonyl (C=O) groups is 1. The summed E-state index contributed by atoms with van der Waals surface area (Å²) in [6.45, 7) is 19.0. The van der Waals surface area contributed by atoms with Crippen LogP contribution in [0.3, 0.4) is 0 Å². The molecule has 0 spiro atoms. The lowest BCUT2D eigenvalue weighted by atomic mass is 9.32. The highest BCUT2D eigenvalue weighted by Crippen LogP contribution is 2.77. The fourth-order valence-electron chi connectivity index (χ4n) is 11.8. The molecular formula is C31H51NO3. The second-order valence-electron chi connectivity index (χ2n) is 15.0. The molecule has 1 amide bonds. The van der Waals surface area contributed by atoms with Gasteiger partial charge in [-0.2, -0.15) is 0 Å². The average molecular weight is 486 g/mol. The molecule has 0 aromatic heterocycles. The van der Waals surface area contributed by atoms with Crippen LogP contribution in [0.5, 0.6) is 0 Å². The number of allylic oxidation sites excluding steroid dienone is 1. The van der Waals surface area contributed by atoms with Crippen molar-refractivity contribution in [3.8, 4) is 0 Å². The molecule has 0 radical (unpaired) electrons. The van der Waals surface area contributed by atoms with Crippen LogP contribution in [-0.2, 0) is 4.79 Å². The van der Waals surface area contributed by atoms with Gasteiger partial charge >= 0.3 is 0 Å². The first-order valence-electron chi connectivity index (χ1n) is 14.5. The molecule has 0 heterocycles. The number of hydrogen-bond acceptors (Lipinski definition) is 3. The number of amides is 1. The van der Waals surface area contributed by atoms with Gasteiger partial charge < -0.3 is 5.11 Å². The van der Waals surface area contributed by atoms with Gasteiger partial charge in [-0.1, -0.05) is 46.8 Å². The molecule has 0 saturated heterocycles. The average Bonchev–Trinajstić information content (AvgIpc) is 3.17. The van der Waals surface area contributed by atoms with Gasteiger partial charge in [-0.25, -0.2) is 5.06 Å². The Morgan fingerprint density at radius 3 is 2.17 bits per heavy atom. The van der Waals surface area contributed by atoms with E-state index in [4.69, 9.17) is 0 Å². The van der Waals surface area contributed by atoms with E-state index in [1.807, 2.05) is 0 Å². The van der Waals surface area contributed by atoms with Gasteiger partial charge in [0.1, 0.15) is 0 Å². The van der Waals surface area contributed by atoms with Crippen molar-refractivity contribution in [2.75, 3.05) is 7.05 Å². The molecule has 5 aliphatic carbocycles. The summed E-state index contributed by atoms with van der Waals surface area (Å²) < 4.78 is 0. The maximum Gasteiger partial charge on any atom is 0.252 e. The lowest BCUT2D eigenvalue weighted by molar-refractivity contribution is -0.249. The summed E-state index contributed by atoms with van der Waals surface area (Å²) in [5.41, 5.74) is 1.46. The van der Waals surface area contributed by atoms with Crippen LogP contribution in [0.2, 0.25) is 0 Å². The van der Waals surface area contributed by atoms with Gasteiger partial charge in [-0.3, -0.25) is 10.0 Å². The number of rotatable bonds is 2. The van der Waals surface area contributed by atoms with E-state index in [9.17, 15) is 15.1 Å². The molecule has 4 heteroatoms. The molecule has 0 aromatic carbocycles. The van der Waals surface area contributed by atoms with Crippen molar-refractivity contribution in [2.45, 2.75) is 112 Å². The largest absolute Gasteiger partial charge is 0.393 e. The standard InChI is InChI=1S/C31H51NO3/c1-19(2)20-11-16-31(26(34)32(8)35)18-17-29(6)21(25(20)31)9-10-23-28(5)14-13-24(33)27(3,4)22(28)12-15-30(23,29)7/h20-25,33,35H,1,9-18H2,2-8H3/t20-,21+,22-,23+,24-,25+,28-,29+,30+,31-/m0/s1. The first kappa shape index (κ1) is 25.8. The van der Waals surface area contributed by atoms with Gasteiger partial charge in [0.05, 0.1) is 11.5 Å². The third-order valence-electron chi connectivity index (χ3n) is 13.8. The Hall–Kier alpha value is -0.870. The molecular weight excluding hydrogens is 434 g/mol. The van der Waals surface area contributed by atoms with Gasteiger partial charge in [-0.05, 0) is 122 Å². The van der Waals surface area contributed by atoms with Crippen molar-refractivity contribution in [2.24, 2.45) is 56.7 Å². The fraction of sp³-hybridized carbons (Fsp3) is 0.903. The Bertz CT molecular complexity index is 911. The normalized spacial score (nSPS) is 52.5. The fourth-order valence-corrected chi connectivity index (χ4v) is 11.8. The van der Waals surface area contributed by atoms with Crippen molar-refractivity contribution in [1.82, 2.24) is 5.06 Å². The smallest absolute Gasteiger partial charge is 0.252 e. The van der Waals surface area contributed by atoms with Crippen LogP contribution in [-0.4, -0.2) is 34.4 Å². The highest BCUT2D eigenvalue weighted by Gasteiger charge is 2.72. The van der Waals surface area contributed by atoms with Crippen molar-refractivity contribution in [1.29, 1.82) is 0 Å². The van der Waals surface area contributed by atoms with Crippen LogP contribution in [0.15, 0.2) is 12.2 Å². The van der Waals surface area contributed by atoms with Crippen LogP contribution in [0.25, 0.3) is 0 Å². The summed E-state index contributed by atoms with van der Waals surface area (Å²) in [5, 5.41) is 22.1. The minimum absolute atomic E-state index is 0.0254. The van der Waals surface area contributed by atoms with Gasteiger partial charge in [0.2, 0.25) is 0 Å². The second-order valence-corrected chi connectivity index (χ2v) is 15.0. The highest BCUT2D eigenvalue weighted by atomic mass is 16.5. The minimum atomic E-state index is -0.432. The van der Waals surface area contributed by atoms with Crippen molar-refractivity contribution in [3.63, 3.8) is 0 Å². The Morgan fingerprint density at radius 1 is 0.857 bits per heavy atom. The molecule has 5 fully saturated rings. The van der Waals surface area contributed by atoms with E-state index in [2.05, 4.69) is 48.1 Å². The van der Waals surface area contributed by atoms with E-state index in [1.54, 1.807) is 0 Å². The zero-order valence-electron chi connectivity index (χ0n) is 23.5. The van der Waals surface area contributed by atoms with Gasteiger partial charge in [0.15, 0.2) is 0 Å². The number of nitrogens with zero attached hydrogens (tertiary/aromatic N) is 1. The predicted molar refractivity (Wildman–Crippen MR) is 140 cm³/mol. The first-order chi connectivity index (χ1) is 16.2. The van der Waals surface area contributed by atoms with Gasteiger partial charge in [0.25, 0.3) is 5.91 Å². The van der Waals surface area contributed by atoms with E-state index in [0.717, 1.165) is 43.6 Å². The lowest BCUT2D eigenvalue weighted by Gasteiger charge is -2.72. The van der Waals surface area contributed by atoms with Crippen molar-refractivity contribution >= 4 is 5.91 Å². The van der Waals surface area contributed by atoms with E-state index < -0.39 is 5.41 Å². The summed E-state index contributed by atoms with van der Waals surface area (Å²) in [6.07, 6.45) is 10.6. The molecule has 10 atom stereocenters. The summed E-state index contributed by atoms with van der Waals surface area (Å²) in [6, 6.07) is 0. The molecule has 5 rings (SSSR count). The molecule has 0 aliphatic heterocycles. The third kappa shape index (κ3) is 3.08. The lowest BCUT2D eigenvalue weighted by Crippen LogP contribution is -2.67. The number of carbonyl (C=O) groups excluding carboxylic acids is 1. The van der Waals surface area contributed by atoms with Crippen LogP contribution in [0.1, 0.15) is 106 Å². The quantitative estimate of drug-likeness (QED) is 0.255. The molecule has 35 heavy (non-hydrogen) atoms. The molecule has 0 bridgehead atoms. The van der Waals surface area contributed by atoms with E-state index in [0.29, 0.717) is 23.7 Å². The molecule has 2 N–H and O–H groups in total. The van der Waals surface area contributed by atoms with Crippen LogP contribution >= 0.6 is 0 Å². The zero-order chi connectivity index (χ0) is 25.8. The maximum atomic E-state index is 13.6. The molecule has 0 unspecified atom stereocenters. The number of aliphatic hydroxyl groups is 1. The van der Waals surface area contributed by atoms with E-state index in [-0.39, 0.29) is 39.6 Å². The SMILES string of the molecule is C=C(C)[C@@H]1CC[C@]2(C(=O)N(C)O)CC[C@]3(C)[C@H](CC[C@@H]4[C@@]5(C)CC[C@H](O)C(C)(C)[C@@H]5CC[C@]43C)[C@@H]12. The Morgan fingerprint density at radius 2 is 1.54 bits per heavy atom. The number of aliphatic hydroxyl groups excluding tert-OH is 1. The summed E-state index contributed by atoms with van der Waals surface area (Å²) in [5.74, 6) is 2.33. The monoisotopic (exact) mass is 485 g/mol. The Balaban J connectivity index is 1.57. The van der Waals surface area contributed by atoms with Crippen LogP contribution in [0, 0.1) is 56.7 Å². The Kier molecular flexibility index (Phi) is 5.76. The Labute approximate surface area is 213 Å². The number of hydroxylamine groups is 2. The summed E-state index contributed by atoms with van der Waals surface area (Å²) >= 11 is 0. The molecule has 4 nitrogen and oxygen atoms in total. The third-order valence-corrected chi connectivity index (χ3v) is 13.8. The highest BCUT2D eigenvalue weighted by molar-refractivity contribution is 5.82. The summed E-state index contributed by atoms with van der Waals surface area (Å²) in [4.78, 5) is 13.6. The van der Waals surface area contributed by atoms with E-state index >= 15 is 0 Å². The number of hydrogen-bond donors (Lipinski definition) is 2. The maximum absolute atomic E-state index is 13.6. The predicted octanol–water partition coefficient (Wildman–Crippen LogP) is 6.85. The molecule has 198 valence electrons. The van der Waals surface area contributed by atoms with Crippen LogP contribution < -0.4 is 0 Å². The number of fused-ring (bicyclic) bond motifs is 7. The molecule has 5 saturated carbocycles. The molecule has 0 aromatic rings. The first-order valence-corrected chi connectivity index (χ1v) is 14.5. The minimum Gasteiger partial charge on any atom is -0.393 e. The van der Waals surface area contributed by atoms with Crippen molar-refractivity contribution in [3.05, 3.63) is 12.2 Å². The summed E-state index contributed by atoms with van der Waals surface area (Å²) in [7, 11) is 1.52. The van der Waals surface area contributed by atoms with Gasteiger partial charge in [-0.15, -0.1) is 0 Å². The zero-order valence-corrected chi connectivity index (χ0v) is 23.5. The van der Waals surface area contributed by atoms with Crippen molar-refractivity contribution < 1.29 is 15.1 Å². The van der Waals surface area contributed by atoms with Gasteiger partial charge in [0, 0.05) is 7.05 Å². The van der Waals surface area contributed by atoms with E-state index in [1.165, 1.54) is 38.3 Å². The topological polar surface area (TPSA) is 60.8 Å². The molecule has 5 aliphatic rings.